The van der Waals surface area contributed by atoms with Crippen molar-refractivity contribution in [3.8, 4) is 17.2 Å². The molecule has 9 heteroatoms. The van der Waals surface area contributed by atoms with Crippen LogP contribution in [0.4, 0.5) is 5.69 Å². The van der Waals surface area contributed by atoms with Crippen molar-refractivity contribution >= 4 is 17.8 Å². The second-order valence-electron chi connectivity index (χ2n) is 11.9. The lowest BCUT2D eigenvalue weighted by Crippen LogP contribution is -2.54. The summed E-state index contributed by atoms with van der Waals surface area (Å²) >= 11 is 0. The van der Waals surface area contributed by atoms with Gasteiger partial charge in [-0.25, -0.2) is 0 Å². The maximum Gasteiger partial charge on any atom is 0.164 e. The monoisotopic (exact) mass is 605 g/mol. The zero-order valence-electron chi connectivity index (χ0n) is 26.5. The molecule has 1 aromatic heterocycles. The predicted octanol–water partition coefficient (Wildman–Crippen LogP) is 6.01. The molecule has 3 aromatic rings. The third-order valence-corrected chi connectivity index (χ3v) is 8.78. The molecule has 2 atom stereocenters. The van der Waals surface area contributed by atoms with Crippen LogP contribution in [0.25, 0.3) is 12.2 Å². The standard InChI is InChI=1S/C35H47N3O6/c1-25-21-38(32-13-9-8-12-31(32)26-10-6-5-7-11-26)17-16-37(25)22-29(39)24-43-33-20-35(42-4)34(41-3)18-27(33)14-15-30-19-28(23-40-2)36-44-30/h8-9,12-15,18-20,25-26,29,39H,5-7,10-11,16-17,21-24H2,1-4H3/b15-14+. The van der Waals surface area contributed by atoms with Gasteiger partial charge in [-0.2, -0.15) is 0 Å². The van der Waals surface area contributed by atoms with Crippen LogP contribution in [0.5, 0.6) is 17.2 Å². The number of para-hydroxylation sites is 1. The summed E-state index contributed by atoms with van der Waals surface area (Å²) in [7, 11) is 4.80. The molecule has 2 aliphatic rings. The Kier molecular flexibility index (Phi) is 11.2. The highest BCUT2D eigenvalue weighted by molar-refractivity contribution is 5.73. The van der Waals surface area contributed by atoms with Gasteiger partial charge in [0.2, 0.25) is 0 Å². The Morgan fingerprint density at radius 3 is 2.50 bits per heavy atom. The van der Waals surface area contributed by atoms with Gasteiger partial charge in [-0.05, 0) is 55.5 Å². The van der Waals surface area contributed by atoms with Crippen molar-refractivity contribution in [2.75, 3.05) is 59.0 Å². The van der Waals surface area contributed by atoms with Crippen LogP contribution in [0.2, 0.25) is 0 Å². The number of β-amino-alcohol motifs (C(OH)–C–C–N with tert-alkyl or cyclic N) is 1. The van der Waals surface area contributed by atoms with Crippen LogP contribution in [-0.4, -0.2) is 81.4 Å². The topological polar surface area (TPSA) is 89.7 Å². The summed E-state index contributed by atoms with van der Waals surface area (Å²) in [6.45, 7) is 6.09. The normalized spacial score (nSPS) is 18.9. The number of aliphatic hydroxyl groups is 1. The second kappa shape index (κ2) is 15.5. The van der Waals surface area contributed by atoms with Crippen LogP contribution >= 0.6 is 0 Å². The van der Waals surface area contributed by atoms with Crippen molar-refractivity contribution in [1.82, 2.24) is 10.1 Å². The fourth-order valence-corrected chi connectivity index (χ4v) is 6.45. The minimum absolute atomic E-state index is 0.147. The minimum Gasteiger partial charge on any atom is -0.493 e. The summed E-state index contributed by atoms with van der Waals surface area (Å²) in [6.07, 6.45) is 9.65. The van der Waals surface area contributed by atoms with Crippen LogP contribution in [0.1, 0.15) is 67.5 Å². The molecule has 1 aliphatic carbocycles. The molecule has 238 valence electrons. The number of rotatable bonds is 13. The van der Waals surface area contributed by atoms with E-state index in [1.54, 1.807) is 27.4 Å². The fraction of sp³-hybridized carbons (Fsp3) is 0.514. The number of piperazine rings is 1. The molecule has 9 nitrogen and oxygen atoms in total. The van der Waals surface area contributed by atoms with E-state index in [4.69, 9.17) is 23.5 Å². The van der Waals surface area contributed by atoms with Gasteiger partial charge in [-0.3, -0.25) is 4.90 Å². The Morgan fingerprint density at radius 2 is 1.75 bits per heavy atom. The van der Waals surface area contributed by atoms with Gasteiger partial charge >= 0.3 is 0 Å². The molecule has 0 spiro atoms. The molecule has 5 rings (SSSR count). The lowest BCUT2D eigenvalue weighted by molar-refractivity contribution is 0.0511. The molecule has 2 unspecified atom stereocenters. The van der Waals surface area contributed by atoms with E-state index >= 15 is 0 Å². The molecule has 44 heavy (non-hydrogen) atoms. The lowest BCUT2D eigenvalue weighted by Gasteiger charge is -2.43. The smallest absolute Gasteiger partial charge is 0.164 e. The fourth-order valence-electron chi connectivity index (χ4n) is 6.45. The number of ether oxygens (including phenoxy) is 4. The Labute approximate surface area is 261 Å². The third kappa shape index (κ3) is 7.94. The SMILES string of the molecule is COCc1cc(/C=C/c2cc(OC)c(OC)cc2OCC(O)CN2CCN(c3ccccc3C3CCCCC3)CC2C)on1. The lowest BCUT2D eigenvalue weighted by atomic mass is 9.83. The molecule has 1 N–H and O–H groups in total. The number of nitrogens with zero attached hydrogens (tertiary/aromatic N) is 3. The molecule has 2 fully saturated rings. The Bertz CT molecular complexity index is 1370. The maximum absolute atomic E-state index is 11.1. The van der Waals surface area contributed by atoms with E-state index in [-0.39, 0.29) is 6.61 Å². The van der Waals surface area contributed by atoms with E-state index in [1.807, 2.05) is 24.3 Å². The minimum atomic E-state index is -0.658. The van der Waals surface area contributed by atoms with Gasteiger partial charge < -0.3 is 33.5 Å². The van der Waals surface area contributed by atoms with E-state index in [0.29, 0.717) is 53.8 Å². The summed E-state index contributed by atoms with van der Waals surface area (Å²) in [5.74, 6) is 2.97. The second-order valence-corrected chi connectivity index (χ2v) is 11.9. The summed E-state index contributed by atoms with van der Waals surface area (Å²) in [5, 5.41) is 15.1. The number of hydrogen-bond donors (Lipinski definition) is 1. The van der Waals surface area contributed by atoms with Crippen molar-refractivity contribution in [3.05, 3.63) is 65.0 Å². The van der Waals surface area contributed by atoms with Crippen LogP contribution in [0, 0.1) is 0 Å². The van der Waals surface area contributed by atoms with Gasteiger partial charge in [0.15, 0.2) is 17.3 Å². The first-order valence-electron chi connectivity index (χ1n) is 15.8. The first kappa shape index (κ1) is 31.9. The number of aromatic nitrogens is 1. The van der Waals surface area contributed by atoms with E-state index in [1.165, 1.54) is 43.4 Å². The summed E-state index contributed by atoms with van der Waals surface area (Å²) < 4.78 is 27.7. The molecule has 0 amide bonds. The molecular weight excluding hydrogens is 558 g/mol. The van der Waals surface area contributed by atoms with Crippen LogP contribution in [0.15, 0.2) is 47.0 Å². The predicted molar refractivity (Wildman–Crippen MR) is 173 cm³/mol. The molecule has 0 bridgehead atoms. The van der Waals surface area contributed by atoms with Crippen molar-refractivity contribution in [2.24, 2.45) is 0 Å². The van der Waals surface area contributed by atoms with Gasteiger partial charge in [0.1, 0.15) is 24.2 Å². The van der Waals surface area contributed by atoms with Crippen LogP contribution in [-0.2, 0) is 11.3 Å². The first-order chi connectivity index (χ1) is 21.5. The summed E-state index contributed by atoms with van der Waals surface area (Å²) in [4.78, 5) is 4.91. The number of methoxy groups -OCH3 is 3. The largest absolute Gasteiger partial charge is 0.493 e. The van der Waals surface area contributed by atoms with Gasteiger partial charge in [0, 0.05) is 62.7 Å². The third-order valence-electron chi connectivity index (χ3n) is 8.78. The quantitative estimate of drug-likeness (QED) is 0.252. The molecular formula is C35H47N3O6. The van der Waals surface area contributed by atoms with Gasteiger partial charge in [0.05, 0.1) is 20.8 Å². The number of hydrogen-bond acceptors (Lipinski definition) is 9. The highest BCUT2D eigenvalue weighted by atomic mass is 16.5. The Balaban J connectivity index is 1.20. The number of aliphatic hydroxyl groups excluding tert-OH is 1. The summed E-state index contributed by atoms with van der Waals surface area (Å²) in [6, 6.07) is 14.7. The van der Waals surface area contributed by atoms with Crippen LogP contribution in [0.3, 0.4) is 0 Å². The van der Waals surface area contributed by atoms with E-state index in [0.717, 1.165) is 25.2 Å². The van der Waals surface area contributed by atoms with Gasteiger partial charge in [0.25, 0.3) is 0 Å². The van der Waals surface area contributed by atoms with E-state index in [2.05, 4.69) is 46.1 Å². The van der Waals surface area contributed by atoms with Crippen molar-refractivity contribution in [1.29, 1.82) is 0 Å². The molecule has 1 aliphatic heterocycles. The molecule has 2 heterocycles. The molecule has 1 saturated carbocycles. The zero-order valence-corrected chi connectivity index (χ0v) is 26.5. The molecule has 2 aromatic carbocycles. The van der Waals surface area contributed by atoms with Gasteiger partial charge in [-0.1, -0.05) is 42.6 Å². The zero-order chi connectivity index (χ0) is 30.9. The van der Waals surface area contributed by atoms with Crippen molar-refractivity contribution in [3.63, 3.8) is 0 Å². The van der Waals surface area contributed by atoms with Crippen LogP contribution < -0.4 is 19.1 Å². The number of benzene rings is 2. The summed E-state index contributed by atoms with van der Waals surface area (Å²) in [5.41, 5.74) is 4.38. The van der Waals surface area contributed by atoms with E-state index < -0.39 is 6.10 Å². The Hall–Kier alpha value is -3.53. The van der Waals surface area contributed by atoms with Gasteiger partial charge in [-0.15, -0.1) is 0 Å². The average Bonchev–Trinajstić information content (AvgIpc) is 3.51. The molecule has 1 saturated heterocycles. The van der Waals surface area contributed by atoms with E-state index in [9.17, 15) is 5.11 Å². The highest BCUT2D eigenvalue weighted by Crippen LogP contribution is 2.39. The molecule has 0 radical (unpaired) electrons. The first-order valence-corrected chi connectivity index (χ1v) is 15.8. The average molecular weight is 606 g/mol. The van der Waals surface area contributed by atoms with Crippen molar-refractivity contribution < 1.29 is 28.6 Å². The number of anilines is 1. The maximum atomic E-state index is 11.1. The van der Waals surface area contributed by atoms with Crippen molar-refractivity contribution in [2.45, 2.75) is 63.7 Å². The highest BCUT2D eigenvalue weighted by Gasteiger charge is 2.28. The Morgan fingerprint density at radius 1 is 0.977 bits per heavy atom.